The van der Waals surface area contributed by atoms with Crippen LogP contribution in [0, 0.1) is 0 Å². The number of hydrogen-bond acceptors (Lipinski definition) is 10. The topological polar surface area (TPSA) is 144 Å². The van der Waals surface area contributed by atoms with Crippen LogP contribution in [0.2, 0.25) is 0 Å². The molecule has 13 heteroatoms. The molecule has 29 rings (SSSR count). The van der Waals surface area contributed by atoms with Crippen molar-refractivity contribution < 1.29 is 0 Å². The van der Waals surface area contributed by atoms with Gasteiger partial charge in [0.15, 0.2) is 23.3 Å². The van der Waals surface area contributed by atoms with Crippen molar-refractivity contribution in [2.24, 2.45) is 0 Å². The highest BCUT2D eigenvalue weighted by atomic mass is 15.2. The number of hydrogen-bond donors (Lipinski definition) is 0. The lowest BCUT2D eigenvalue weighted by molar-refractivity contribution is 0.985. The molecule has 26 aromatic rings. The SMILES string of the molecule is c1ccc(-c2nc(-c3ccc(-n4c(-c5ccccn5)c5c6c(cccc64)-c4ccccc4-c4ccccc4-5)cc3)nc(-c3ccc4ccccc4c3)n2)cc1.c1ccc(-c2nc(-n3c(-c4ccccn4)c4c5c(cccc53)-c3ccccc3-c3ccccc3-4)nc3ccccc23)cc1.c1ccc(-c2nc3ccccc3nc2-n2c(-c3ccccn3)c3c4c(cccc42)-c2ccccc2-c2ccccc2-3)cc1. The van der Waals surface area contributed by atoms with Gasteiger partial charge in [-0.2, -0.15) is 0 Å². The van der Waals surface area contributed by atoms with Gasteiger partial charge >= 0.3 is 0 Å². The van der Waals surface area contributed by atoms with Gasteiger partial charge in [-0.25, -0.2) is 34.9 Å². The van der Waals surface area contributed by atoms with Gasteiger partial charge in [0.2, 0.25) is 5.95 Å². The van der Waals surface area contributed by atoms with E-state index in [4.69, 9.17) is 49.8 Å². The van der Waals surface area contributed by atoms with Crippen LogP contribution in [-0.4, -0.2) is 63.5 Å². The van der Waals surface area contributed by atoms with E-state index >= 15 is 0 Å². The van der Waals surface area contributed by atoms with Gasteiger partial charge < -0.3 is 4.57 Å². The summed E-state index contributed by atoms with van der Waals surface area (Å²) in [5.74, 6) is 3.30. The summed E-state index contributed by atoms with van der Waals surface area (Å²) in [6.07, 6.45) is 5.61. The molecule has 141 heavy (non-hydrogen) atoms. The zero-order valence-electron chi connectivity index (χ0n) is 75.9. The van der Waals surface area contributed by atoms with Crippen LogP contribution in [0.1, 0.15) is 0 Å². The van der Waals surface area contributed by atoms with Gasteiger partial charge in [-0.15, -0.1) is 0 Å². The Balaban J connectivity index is 0.000000107. The molecule has 3 aliphatic rings. The molecule has 0 saturated carbocycles. The predicted octanol–water partition coefficient (Wildman–Crippen LogP) is 31.6. The normalized spacial score (nSPS) is 11.7. The van der Waals surface area contributed by atoms with Gasteiger partial charge in [0.05, 0.1) is 73.0 Å². The van der Waals surface area contributed by atoms with E-state index in [1.54, 1.807) is 0 Å². The third-order valence-corrected chi connectivity index (χ3v) is 27.5. The van der Waals surface area contributed by atoms with Crippen molar-refractivity contribution in [3.63, 3.8) is 0 Å². The second-order valence-corrected chi connectivity index (χ2v) is 35.5. The summed E-state index contributed by atoms with van der Waals surface area (Å²) in [5.41, 5.74) is 40.8. The van der Waals surface area contributed by atoms with Crippen molar-refractivity contribution in [1.29, 1.82) is 0 Å². The van der Waals surface area contributed by atoms with Crippen molar-refractivity contribution in [2.45, 2.75) is 0 Å². The summed E-state index contributed by atoms with van der Waals surface area (Å²) in [6.45, 7) is 0. The Morgan fingerprint density at radius 2 is 0.518 bits per heavy atom. The quantitative estimate of drug-likeness (QED) is 0.123. The van der Waals surface area contributed by atoms with Crippen LogP contribution in [0.15, 0.2) is 480 Å². The third-order valence-electron chi connectivity index (χ3n) is 27.5. The second kappa shape index (κ2) is 34.0. The highest BCUT2D eigenvalue weighted by Crippen LogP contribution is 2.58. The molecular formula is C128H79N13. The maximum atomic E-state index is 5.35. The number of rotatable bonds is 11. The number of benzene rings is 17. The van der Waals surface area contributed by atoms with E-state index in [9.17, 15) is 0 Å². The van der Waals surface area contributed by atoms with E-state index in [0.29, 0.717) is 23.4 Å². The molecule has 0 spiro atoms. The van der Waals surface area contributed by atoms with Crippen molar-refractivity contribution in [3.05, 3.63) is 480 Å². The second-order valence-electron chi connectivity index (χ2n) is 35.5. The van der Waals surface area contributed by atoms with Crippen LogP contribution >= 0.6 is 0 Å². The van der Waals surface area contributed by atoms with E-state index < -0.39 is 0 Å². The fourth-order valence-corrected chi connectivity index (χ4v) is 21.4. The number of pyridine rings is 3. The average molecular weight is 1800 g/mol. The Morgan fingerprint density at radius 1 is 0.184 bits per heavy atom. The Hall–Kier alpha value is -19.2. The van der Waals surface area contributed by atoms with Crippen molar-refractivity contribution in [3.8, 4) is 208 Å². The molecule has 13 nitrogen and oxygen atoms in total. The molecule has 656 valence electrons. The van der Waals surface area contributed by atoms with Gasteiger partial charge in [-0.1, -0.05) is 358 Å². The van der Waals surface area contributed by atoms with Crippen LogP contribution < -0.4 is 0 Å². The molecule has 0 atom stereocenters. The minimum atomic E-state index is 0.619. The van der Waals surface area contributed by atoms with Crippen molar-refractivity contribution >= 4 is 65.4 Å². The van der Waals surface area contributed by atoms with Gasteiger partial charge in [0, 0.05) is 90.3 Å². The Labute approximate surface area is 811 Å². The van der Waals surface area contributed by atoms with Crippen LogP contribution in [-0.2, 0) is 0 Å². The third kappa shape index (κ3) is 13.7. The zero-order chi connectivity index (χ0) is 93.0. The van der Waals surface area contributed by atoms with Crippen molar-refractivity contribution in [2.75, 3.05) is 0 Å². The first kappa shape index (κ1) is 81.3. The summed E-state index contributed by atoms with van der Waals surface area (Å²) in [4.78, 5) is 51.0. The molecule has 9 heterocycles. The van der Waals surface area contributed by atoms with Gasteiger partial charge in [0.25, 0.3) is 0 Å². The largest absolute Gasteiger partial charge is 0.307 e. The number of nitrogens with zero attached hydrogens (tertiary/aromatic N) is 13. The molecule has 3 aliphatic carbocycles. The fourth-order valence-electron chi connectivity index (χ4n) is 21.4. The summed E-state index contributed by atoms with van der Waals surface area (Å²) in [7, 11) is 0. The van der Waals surface area contributed by atoms with E-state index in [2.05, 4.69) is 372 Å². The lowest BCUT2D eigenvalue weighted by Crippen LogP contribution is -2.06. The lowest BCUT2D eigenvalue weighted by atomic mass is 9.93. The maximum Gasteiger partial charge on any atom is 0.235 e. The molecule has 0 fully saturated rings. The number of fused-ring (bicyclic) bond motifs is 18. The summed E-state index contributed by atoms with van der Waals surface area (Å²) >= 11 is 0. The molecule has 17 aromatic carbocycles. The minimum Gasteiger partial charge on any atom is -0.307 e. The summed E-state index contributed by atoms with van der Waals surface area (Å²) in [5, 5.41) is 6.93. The fraction of sp³-hybridized carbons (Fsp3) is 0. The molecule has 0 amide bonds. The molecule has 0 bridgehead atoms. The first-order chi connectivity index (χ1) is 70.0. The van der Waals surface area contributed by atoms with Gasteiger partial charge in [-0.3, -0.25) is 24.1 Å². The molecule has 0 N–H and O–H groups in total. The van der Waals surface area contributed by atoms with Crippen LogP contribution in [0.25, 0.3) is 274 Å². The van der Waals surface area contributed by atoms with Crippen LogP contribution in [0.5, 0.6) is 0 Å². The van der Waals surface area contributed by atoms with Crippen LogP contribution in [0.4, 0.5) is 0 Å². The first-order valence-electron chi connectivity index (χ1n) is 47.4. The van der Waals surface area contributed by atoms with Crippen molar-refractivity contribution in [1.82, 2.24) is 63.5 Å². The molecule has 0 saturated heterocycles. The summed E-state index contributed by atoms with van der Waals surface area (Å²) in [6, 6.07) is 161. The monoisotopic (exact) mass is 1800 g/mol. The minimum absolute atomic E-state index is 0.619. The number of para-hydroxylation sites is 3. The number of aromatic nitrogens is 13. The van der Waals surface area contributed by atoms with E-state index in [0.717, 1.165) is 140 Å². The smallest absolute Gasteiger partial charge is 0.235 e. The molecule has 0 aliphatic heterocycles. The van der Waals surface area contributed by atoms with Crippen LogP contribution in [0.3, 0.4) is 0 Å². The van der Waals surface area contributed by atoms with E-state index in [1.165, 1.54) is 111 Å². The highest BCUT2D eigenvalue weighted by molar-refractivity contribution is 6.21. The molecular weight excluding hydrogens is 1720 g/mol. The predicted molar refractivity (Wildman–Crippen MR) is 573 cm³/mol. The maximum absolute atomic E-state index is 5.35. The van der Waals surface area contributed by atoms with E-state index in [1.807, 2.05) is 122 Å². The van der Waals surface area contributed by atoms with Gasteiger partial charge in [0.1, 0.15) is 5.69 Å². The standard InChI is InChI=1S/C50H31N5.2C39H24N4/c1-2-14-33(15-3-1)48-52-49(54-50(53-48)36-25-24-32-13-4-5-16-35(32)31-36)34-26-28-37(29-27-34)55-44-23-12-21-41-39-18-7-6-17-38(39)40-19-8-9-20-42(40)46(45(41)44)47(55)43-22-10-11-30-51-43;1-2-13-25(14-3-1)37-39(42-32-21-9-8-20-31(32)41-37)43-34-23-12-19-29-27-16-5-4-15-26(27)28-17-6-7-18-30(28)36(35(29)34)38(43)33-22-10-11-24-40-33;1-2-13-25(14-3-1)37-31-19-8-9-21-32(31)41-39(42-37)43-34-23-12-20-29-27-16-5-4-15-26(27)28-17-6-7-18-30(28)36(35(29)34)38(43)33-22-10-11-24-40-33/h1-31H;2*1-24H. The summed E-state index contributed by atoms with van der Waals surface area (Å²) < 4.78 is 6.89. The average Bonchev–Trinajstić information content (AvgIpc) is 1.54. The Morgan fingerprint density at radius 3 is 0.986 bits per heavy atom. The lowest BCUT2D eigenvalue weighted by Gasteiger charge is -2.17. The molecule has 0 unspecified atom stereocenters. The van der Waals surface area contributed by atoms with E-state index in [-0.39, 0.29) is 0 Å². The zero-order valence-corrected chi connectivity index (χ0v) is 75.9. The Bertz CT molecular complexity index is 9470. The molecule has 9 aromatic heterocycles. The molecule has 0 radical (unpaired) electrons. The highest BCUT2D eigenvalue weighted by Gasteiger charge is 2.36. The van der Waals surface area contributed by atoms with Gasteiger partial charge in [-0.05, 0) is 197 Å². The first-order valence-corrected chi connectivity index (χ1v) is 47.4. The Kier molecular flexibility index (Phi) is 19.6.